The Morgan fingerprint density at radius 3 is 2.52 bits per heavy atom. The van der Waals surface area contributed by atoms with Crippen LogP contribution in [-0.2, 0) is 26.9 Å². The standard InChI is InChI=1S/C31H30ClFN2O6S/c1-18(16-40-17-39-3)23-11-4-19(12-26(23)32)15-35(42(37)38)27-14-28-25(13-24(27)20-5-6-20)29(31(36)34-2)30(41-28)21-7-9-22(33)10-8-21/h4,7-14,20,42H,1,5-6,15-17H2,2-3H3,(H,34,36). The molecule has 1 amide bonds. The van der Waals surface area contributed by atoms with Crippen LogP contribution in [-0.4, -0.2) is 41.9 Å². The minimum absolute atomic E-state index is 0.0322. The fraction of sp³-hybridized carbons (Fsp3) is 0.258. The van der Waals surface area contributed by atoms with Crippen LogP contribution in [0.5, 0.6) is 0 Å². The van der Waals surface area contributed by atoms with Gasteiger partial charge in [0.15, 0.2) is 0 Å². The third-order valence-electron chi connectivity index (χ3n) is 7.11. The molecule has 1 heterocycles. The van der Waals surface area contributed by atoms with Crippen LogP contribution in [0.15, 0.2) is 65.6 Å². The summed E-state index contributed by atoms with van der Waals surface area (Å²) in [6.45, 7) is 4.41. The lowest BCUT2D eigenvalue weighted by Crippen LogP contribution is -2.22. The van der Waals surface area contributed by atoms with E-state index in [4.69, 9.17) is 25.5 Å². The molecule has 0 bridgehead atoms. The van der Waals surface area contributed by atoms with Crippen LogP contribution in [0.2, 0.25) is 5.02 Å². The third kappa shape index (κ3) is 6.22. The Balaban J connectivity index is 1.56. The van der Waals surface area contributed by atoms with E-state index in [9.17, 15) is 17.6 Å². The van der Waals surface area contributed by atoms with E-state index in [0.29, 0.717) is 49.5 Å². The summed E-state index contributed by atoms with van der Waals surface area (Å²) in [5.74, 6) is -0.358. The van der Waals surface area contributed by atoms with Crippen molar-refractivity contribution in [3.63, 3.8) is 0 Å². The number of halogens is 2. The van der Waals surface area contributed by atoms with E-state index < -0.39 is 16.7 Å². The van der Waals surface area contributed by atoms with E-state index in [1.54, 1.807) is 24.3 Å². The highest BCUT2D eigenvalue weighted by molar-refractivity contribution is 7.74. The van der Waals surface area contributed by atoms with Crippen molar-refractivity contribution >= 4 is 50.6 Å². The number of amides is 1. The van der Waals surface area contributed by atoms with Gasteiger partial charge in [-0.15, -0.1) is 0 Å². The molecule has 8 nitrogen and oxygen atoms in total. The monoisotopic (exact) mass is 612 g/mol. The van der Waals surface area contributed by atoms with Crippen molar-refractivity contribution in [1.82, 2.24) is 5.32 Å². The van der Waals surface area contributed by atoms with Crippen molar-refractivity contribution < 1.29 is 31.5 Å². The van der Waals surface area contributed by atoms with Gasteiger partial charge in [-0.05, 0) is 77.4 Å². The molecule has 0 atom stereocenters. The maximum Gasteiger partial charge on any atom is 0.255 e. The average molecular weight is 613 g/mol. The molecular weight excluding hydrogens is 583 g/mol. The lowest BCUT2D eigenvalue weighted by molar-refractivity contribution is -0.0164. The molecule has 1 saturated carbocycles. The fourth-order valence-electron chi connectivity index (χ4n) is 4.92. The summed E-state index contributed by atoms with van der Waals surface area (Å²) >= 11 is 6.55. The number of benzene rings is 3. The molecule has 0 aliphatic heterocycles. The van der Waals surface area contributed by atoms with E-state index in [1.165, 1.54) is 42.7 Å². The quantitative estimate of drug-likeness (QED) is 0.111. The number of anilines is 1. The molecule has 1 aliphatic rings. The van der Waals surface area contributed by atoms with Gasteiger partial charge in [-0.25, -0.2) is 12.8 Å². The molecule has 3 aromatic carbocycles. The number of rotatable bonds is 12. The van der Waals surface area contributed by atoms with E-state index >= 15 is 0 Å². The molecule has 0 spiro atoms. The molecule has 220 valence electrons. The van der Waals surface area contributed by atoms with Crippen molar-refractivity contribution in [3.05, 3.63) is 94.3 Å². The second-order valence-electron chi connectivity index (χ2n) is 10.0. The first-order valence-electron chi connectivity index (χ1n) is 13.2. The molecule has 4 aromatic rings. The second-order valence-corrected chi connectivity index (χ2v) is 11.4. The maximum absolute atomic E-state index is 13.6. The largest absolute Gasteiger partial charge is 0.455 e. The van der Waals surface area contributed by atoms with E-state index in [2.05, 4.69) is 11.9 Å². The number of methoxy groups -OCH3 is 1. The first-order valence-corrected chi connectivity index (χ1v) is 14.8. The summed E-state index contributed by atoms with van der Waals surface area (Å²) < 4.78 is 56.7. The number of carbonyl (C=O) groups excluding carboxylic acids is 1. The van der Waals surface area contributed by atoms with Crippen molar-refractivity contribution in [1.29, 1.82) is 0 Å². The topological polar surface area (TPSA) is 98.1 Å². The van der Waals surface area contributed by atoms with Gasteiger partial charge in [0.1, 0.15) is 24.0 Å². The van der Waals surface area contributed by atoms with Crippen LogP contribution >= 0.6 is 11.6 Å². The van der Waals surface area contributed by atoms with Gasteiger partial charge in [-0.2, -0.15) is 0 Å². The third-order valence-corrected chi connectivity index (χ3v) is 8.18. The van der Waals surface area contributed by atoms with Gasteiger partial charge in [0.2, 0.25) is 10.9 Å². The first-order chi connectivity index (χ1) is 20.2. The Labute approximate surface area is 249 Å². The summed E-state index contributed by atoms with van der Waals surface area (Å²) in [5.41, 5.74) is 4.49. The highest BCUT2D eigenvalue weighted by Crippen LogP contribution is 2.48. The minimum Gasteiger partial charge on any atom is -0.455 e. The molecule has 1 aromatic heterocycles. The van der Waals surface area contributed by atoms with Gasteiger partial charge in [0.05, 0.1) is 24.4 Å². The van der Waals surface area contributed by atoms with Crippen LogP contribution in [0.3, 0.4) is 0 Å². The Morgan fingerprint density at radius 2 is 1.90 bits per heavy atom. The normalized spacial score (nSPS) is 13.1. The van der Waals surface area contributed by atoms with Gasteiger partial charge >= 0.3 is 0 Å². The number of fused-ring (bicyclic) bond motifs is 1. The number of thiol groups is 1. The molecule has 42 heavy (non-hydrogen) atoms. The molecule has 5 rings (SSSR count). The summed E-state index contributed by atoms with van der Waals surface area (Å²) in [5, 5.41) is 3.63. The Hall–Kier alpha value is -3.70. The number of carbonyl (C=O) groups is 1. The van der Waals surface area contributed by atoms with Gasteiger partial charge in [-0.1, -0.05) is 30.3 Å². The van der Waals surface area contributed by atoms with Crippen LogP contribution in [0.4, 0.5) is 10.1 Å². The Morgan fingerprint density at radius 1 is 1.17 bits per heavy atom. The molecule has 0 unspecified atom stereocenters. The van der Waals surface area contributed by atoms with Gasteiger partial charge in [0.25, 0.3) is 5.91 Å². The predicted molar refractivity (Wildman–Crippen MR) is 162 cm³/mol. The fourth-order valence-corrected chi connectivity index (χ4v) is 5.89. The van der Waals surface area contributed by atoms with Gasteiger partial charge in [0, 0.05) is 36.2 Å². The predicted octanol–water partition coefficient (Wildman–Crippen LogP) is 6.30. The van der Waals surface area contributed by atoms with Crippen LogP contribution in [0.1, 0.15) is 45.8 Å². The maximum atomic E-state index is 13.6. The van der Waals surface area contributed by atoms with Gasteiger partial charge in [-0.3, -0.25) is 9.10 Å². The smallest absolute Gasteiger partial charge is 0.255 e. The highest BCUT2D eigenvalue weighted by atomic mass is 35.5. The first kappa shape index (κ1) is 29.8. The number of hydrogen-bond donors (Lipinski definition) is 2. The van der Waals surface area contributed by atoms with Crippen LogP contribution in [0.25, 0.3) is 27.9 Å². The molecule has 11 heteroatoms. The molecule has 1 N–H and O–H groups in total. The zero-order valence-corrected chi connectivity index (χ0v) is 24.8. The summed E-state index contributed by atoms with van der Waals surface area (Å²) in [7, 11) is -0.00968. The van der Waals surface area contributed by atoms with Crippen LogP contribution < -0.4 is 9.62 Å². The summed E-state index contributed by atoms with van der Waals surface area (Å²) in [4.78, 5) is 13.0. The summed E-state index contributed by atoms with van der Waals surface area (Å²) in [6, 6.07) is 14.5. The molecule has 0 radical (unpaired) electrons. The Bertz CT molecular complexity index is 1720. The molecular formula is C31H30ClFN2O6S. The zero-order valence-electron chi connectivity index (χ0n) is 23.1. The van der Waals surface area contributed by atoms with Crippen LogP contribution in [0, 0.1) is 5.82 Å². The average Bonchev–Trinajstić information content (AvgIpc) is 3.75. The number of nitrogens with one attached hydrogen (secondary N) is 1. The second kappa shape index (κ2) is 12.7. The summed E-state index contributed by atoms with van der Waals surface area (Å²) in [6.07, 6.45) is 1.79. The zero-order chi connectivity index (χ0) is 30.0. The number of nitrogens with zero attached hydrogens (tertiary/aromatic N) is 1. The Kier molecular flexibility index (Phi) is 8.98. The number of hydrogen-bond acceptors (Lipinski definition) is 6. The number of furan rings is 1. The van der Waals surface area contributed by atoms with Crippen molar-refractivity contribution in [2.45, 2.75) is 25.3 Å². The van der Waals surface area contributed by atoms with Crippen molar-refractivity contribution in [3.8, 4) is 11.3 Å². The van der Waals surface area contributed by atoms with E-state index in [-0.39, 0.29) is 37.5 Å². The van der Waals surface area contributed by atoms with E-state index in [1.807, 2.05) is 6.07 Å². The molecule has 1 fully saturated rings. The minimum atomic E-state index is -3.06. The highest BCUT2D eigenvalue weighted by Gasteiger charge is 2.32. The lowest BCUT2D eigenvalue weighted by Gasteiger charge is -2.22. The van der Waals surface area contributed by atoms with E-state index in [0.717, 1.165) is 18.4 Å². The molecule has 1 aliphatic carbocycles. The van der Waals surface area contributed by atoms with Gasteiger partial charge < -0.3 is 19.2 Å². The number of ether oxygens (including phenoxy) is 2. The van der Waals surface area contributed by atoms with Crippen molar-refractivity contribution in [2.75, 3.05) is 31.9 Å². The van der Waals surface area contributed by atoms with Crippen molar-refractivity contribution in [2.24, 2.45) is 0 Å². The molecule has 0 saturated heterocycles. The lowest BCUT2D eigenvalue weighted by atomic mass is 10.00. The SMILES string of the molecule is C=C(COCOC)c1ccc(CN(c2cc3oc(-c4ccc(F)cc4)c(C(=O)NC)c3cc2C2CC2)[SH](=O)=O)cc1Cl.